The molecule has 0 unspecified atom stereocenters. The molecule has 1 aliphatic rings. The number of amides is 2. The Morgan fingerprint density at radius 3 is 2.29 bits per heavy atom. The molecule has 182 valence electrons. The predicted octanol–water partition coefficient (Wildman–Crippen LogP) is 7.17. The molecule has 2 N–H and O–H groups in total. The standard InChI is InChI=1S/C24H16BrCl3F2N2O3/c1-35-21-16(25)8-11(9-18(21)30)19-20(24(19,27)28)23(34)32-14-6-7-17(26)15(10-14)22(33)31-13-4-2-12(29)3-5-13/h2-10,19-20H,1H3,(H,31,33)(H,32,34)/t19-,20+/m1/s1. The van der Waals surface area contributed by atoms with E-state index in [-0.39, 0.29) is 22.0 Å². The average molecular weight is 605 g/mol. The van der Waals surface area contributed by atoms with E-state index in [0.29, 0.717) is 15.7 Å². The van der Waals surface area contributed by atoms with Crippen molar-refractivity contribution < 1.29 is 23.1 Å². The van der Waals surface area contributed by atoms with Gasteiger partial charge >= 0.3 is 0 Å². The van der Waals surface area contributed by atoms with Crippen LogP contribution >= 0.6 is 50.7 Å². The first-order valence-corrected chi connectivity index (χ1v) is 12.0. The van der Waals surface area contributed by atoms with Crippen LogP contribution in [0.4, 0.5) is 20.2 Å². The van der Waals surface area contributed by atoms with Gasteiger partial charge in [-0.05, 0) is 76.1 Å². The summed E-state index contributed by atoms with van der Waals surface area (Å²) in [4.78, 5) is 25.6. The summed E-state index contributed by atoms with van der Waals surface area (Å²) in [5.74, 6) is -3.65. The van der Waals surface area contributed by atoms with Gasteiger partial charge in [0.2, 0.25) is 5.91 Å². The van der Waals surface area contributed by atoms with Crippen LogP contribution in [-0.4, -0.2) is 23.3 Å². The van der Waals surface area contributed by atoms with Gasteiger partial charge in [0.25, 0.3) is 5.91 Å². The zero-order chi connectivity index (χ0) is 25.5. The maximum absolute atomic E-state index is 14.3. The minimum Gasteiger partial charge on any atom is -0.492 e. The van der Waals surface area contributed by atoms with Crippen molar-refractivity contribution in [3.63, 3.8) is 0 Å². The van der Waals surface area contributed by atoms with E-state index >= 15 is 0 Å². The lowest BCUT2D eigenvalue weighted by Crippen LogP contribution is -2.18. The number of carbonyl (C=O) groups is 2. The molecule has 0 saturated heterocycles. The van der Waals surface area contributed by atoms with Crippen LogP contribution < -0.4 is 15.4 Å². The Bertz CT molecular complexity index is 1300. The van der Waals surface area contributed by atoms with Crippen molar-refractivity contribution in [1.29, 1.82) is 0 Å². The van der Waals surface area contributed by atoms with Crippen LogP contribution in [0.25, 0.3) is 0 Å². The van der Waals surface area contributed by atoms with E-state index in [9.17, 15) is 18.4 Å². The number of halogens is 6. The Hall–Kier alpha value is -2.39. The van der Waals surface area contributed by atoms with Crippen molar-refractivity contribution in [3.8, 4) is 5.75 Å². The molecule has 3 aromatic rings. The molecule has 0 heterocycles. The van der Waals surface area contributed by atoms with E-state index in [1.807, 2.05) is 0 Å². The second kappa shape index (κ2) is 9.93. The Morgan fingerprint density at radius 1 is 1.00 bits per heavy atom. The number of hydrogen-bond donors (Lipinski definition) is 2. The summed E-state index contributed by atoms with van der Waals surface area (Å²) >= 11 is 22.2. The number of methoxy groups -OCH3 is 1. The van der Waals surface area contributed by atoms with Crippen molar-refractivity contribution in [1.82, 2.24) is 0 Å². The van der Waals surface area contributed by atoms with Gasteiger partial charge in [-0.25, -0.2) is 8.78 Å². The summed E-state index contributed by atoms with van der Waals surface area (Å²) < 4.78 is 31.3. The van der Waals surface area contributed by atoms with Gasteiger partial charge in [0, 0.05) is 17.3 Å². The Kier molecular flexibility index (Phi) is 7.29. The van der Waals surface area contributed by atoms with Crippen molar-refractivity contribution in [3.05, 3.63) is 86.9 Å². The highest BCUT2D eigenvalue weighted by molar-refractivity contribution is 9.10. The molecule has 11 heteroatoms. The number of nitrogens with one attached hydrogen (secondary N) is 2. The second-order valence-electron chi connectivity index (χ2n) is 7.79. The molecule has 0 bridgehead atoms. The van der Waals surface area contributed by atoms with E-state index < -0.39 is 39.6 Å². The van der Waals surface area contributed by atoms with Crippen LogP contribution in [0.5, 0.6) is 5.75 Å². The van der Waals surface area contributed by atoms with E-state index in [4.69, 9.17) is 39.5 Å². The first kappa shape index (κ1) is 25.7. The molecule has 3 aromatic carbocycles. The molecule has 1 aliphatic carbocycles. The number of carbonyl (C=O) groups excluding carboxylic acids is 2. The number of anilines is 2. The average Bonchev–Trinajstić information content (AvgIpc) is 3.38. The summed E-state index contributed by atoms with van der Waals surface area (Å²) in [5, 5.41) is 5.43. The fourth-order valence-electron chi connectivity index (χ4n) is 3.75. The van der Waals surface area contributed by atoms with Gasteiger partial charge < -0.3 is 15.4 Å². The maximum atomic E-state index is 14.3. The number of alkyl halides is 2. The highest BCUT2D eigenvalue weighted by atomic mass is 79.9. The summed E-state index contributed by atoms with van der Waals surface area (Å²) in [5.41, 5.74) is 1.16. The summed E-state index contributed by atoms with van der Waals surface area (Å²) in [6.45, 7) is 0. The Balaban J connectivity index is 1.51. The molecule has 2 atom stereocenters. The van der Waals surface area contributed by atoms with Crippen LogP contribution in [0.1, 0.15) is 21.8 Å². The smallest absolute Gasteiger partial charge is 0.257 e. The first-order chi connectivity index (χ1) is 16.5. The topological polar surface area (TPSA) is 67.4 Å². The molecule has 5 nitrogen and oxygen atoms in total. The van der Waals surface area contributed by atoms with E-state index in [1.54, 1.807) is 6.07 Å². The quantitative estimate of drug-likeness (QED) is 0.293. The third kappa shape index (κ3) is 5.26. The lowest BCUT2D eigenvalue weighted by atomic mass is 10.1. The predicted molar refractivity (Wildman–Crippen MR) is 136 cm³/mol. The maximum Gasteiger partial charge on any atom is 0.257 e. The van der Waals surface area contributed by atoms with Gasteiger partial charge in [-0.1, -0.05) is 11.6 Å². The van der Waals surface area contributed by atoms with E-state index in [2.05, 4.69) is 26.6 Å². The van der Waals surface area contributed by atoms with E-state index in [0.717, 1.165) is 0 Å². The van der Waals surface area contributed by atoms with Crippen molar-refractivity contribution >= 4 is 73.9 Å². The van der Waals surface area contributed by atoms with Crippen LogP contribution in [-0.2, 0) is 4.79 Å². The molecule has 1 saturated carbocycles. The normalized spacial score (nSPS) is 18.0. The molecule has 35 heavy (non-hydrogen) atoms. The van der Waals surface area contributed by atoms with Gasteiger partial charge in [-0.15, -0.1) is 23.2 Å². The third-order valence-electron chi connectivity index (χ3n) is 5.50. The number of rotatable bonds is 6. The molecule has 0 aliphatic heterocycles. The van der Waals surface area contributed by atoms with Gasteiger partial charge in [-0.2, -0.15) is 0 Å². The van der Waals surface area contributed by atoms with Gasteiger partial charge in [0.05, 0.1) is 28.1 Å². The molecule has 0 radical (unpaired) electrons. The van der Waals surface area contributed by atoms with Crippen molar-refractivity contribution in [2.75, 3.05) is 17.7 Å². The van der Waals surface area contributed by atoms with Crippen LogP contribution in [0.15, 0.2) is 59.1 Å². The Labute approximate surface area is 222 Å². The number of ether oxygens (including phenoxy) is 1. The monoisotopic (exact) mass is 602 g/mol. The van der Waals surface area contributed by atoms with Gasteiger partial charge in [-0.3, -0.25) is 9.59 Å². The van der Waals surface area contributed by atoms with Crippen LogP contribution in [0.3, 0.4) is 0 Å². The minimum atomic E-state index is -1.46. The number of benzene rings is 3. The molecular formula is C24H16BrCl3F2N2O3. The SMILES string of the molecule is COc1c(F)cc([C@@H]2[C@@H](C(=O)Nc3ccc(Cl)c(C(=O)Nc4ccc(F)cc4)c3)C2(Cl)Cl)cc1Br. The fraction of sp³-hybridized carbons (Fsp3) is 0.167. The first-order valence-electron chi connectivity index (χ1n) is 10.1. The highest BCUT2D eigenvalue weighted by Gasteiger charge is 2.67. The largest absolute Gasteiger partial charge is 0.492 e. The fourth-order valence-corrected chi connectivity index (χ4v) is 5.40. The summed E-state index contributed by atoms with van der Waals surface area (Å²) in [6, 6.07) is 12.4. The van der Waals surface area contributed by atoms with Gasteiger partial charge in [0.15, 0.2) is 11.6 Å². The zero-order valence-corrected chi connectivity index (χ0v) is 21.7. The lowest BCUT2D eigenvalue weighted by Gasteiger charge is -2.10. The zero-order valence-electron chi connectivity index (χ0n) is 17.8. The summed E-state index contributed by atoms with van der Waals surface area (Å²) in [6.07, 6.45) is 0. The lowest BCUT2D eigenvalue weighted by molar-refractivity contribution is -0.117. The molecule has 0 aromatic heterocycles. The highest BCUT2D eigenvalue weighted by Crippen LogP contribution is 2.65. The molecule has 4 rings (SSSR count). The Morgan fingerprint density at radius 2 is 1.66 bits per heavy atom. The minimum absolute atomic E-state index is 0.0257. The molecule has 0 spiro atoms. The van der Waals surface area contributed by atoms with Gasteiger partial charge in [0.1, 0.15) is 10.2 Å². The third-order valence-corrected chi connectivity index (χ3v) is 7.36. The molecular weight excluding hydrogens is 589 g/mol. The number of hydrogen-bond acceptors (Lipinski definition) is 3. The summed E-state index contributed by atoms with van der Waals surface area (Å²) in [7, 11) is 1.34. The van der Waals surface area contributed by atoms with Crippen LogP contribution in [0, 0.1) is 17.6 Å². The van der Waals surface area contributed by atoms with Crippen LogP contribution in [0.2, 0.25) is 5.02 Å². The van der Waals surface area contributed by atoms with Crippen molar-refractivity contribution in [2.45, 2.75) is 10.3 Å². The van der Waals surface area contributed by atoms with E-state index in [1.165, 1.54) is 55.6 Å². The second-order valence-corrected chi connectivity index (χ2v) is 10.5. The molecule has 1 fully saturated rings. The molecule has 2 amide bonds. The van der Waals surface area contributed by atoms with Crippen molar-refractivity contribution in [2.24, 2.45) is 5.92 Å².